The van der Waals surface area contributed by atoms with E-state index in [2.05, 4.69) is 9.97 Å². The van der Waals surface area contributed by atoms with Gasteiger partial charge in [0.25, 0.3) is 0 Å². The molecule has 2 heterocycles. The molecule has 138 valence electrons. The fourth-order valence-corrected chi connectivity index (χ4v) is 2.79. The minimum atomic E-state index is -4.50. The Hall–Kier alpha value is -2.84. The van der Waals surface area contributed by atoms with Gasteiger partial charge < -0.3 is 14.7 Å². The molecule has 1 aliphatic heterocycles. The standard InChI is InChI=1S/C17H16F3N3O3/c1-10-8-13(15(24)25)22-16(21-10)23-7-6-11(9-23)26-14-5-3-2-4-12(14)17(18,19)20/h2-5,8,11H,6-7,9H2,1H3,(H,24,25)/t11-/m0/s1. The highest BCUT2D eigenvalue weighted by Gasteiger charge is 2.35. The SMILES string of the molecule is Cc1cc(C(=O)O)nc(N2CC[C@H](Oc3ccccc3C(F)(F)F)C2)n1. The highest BCUT2D eigenvalue weighted by molar-refractivity contribution is 5.85. The third kappa shape index (κ3) is 3.87. The summed E-state index contributed by atoms with van der Waals surface area (Å²) in [6, 6.07) is 6.42. The zero-order chi connectivity index (χ0) is 18.9. The summed E-state index contributed by atoms with van der Waals surface area (Å²) in [7, 11) is 0. The average molecular weight is 367 g/mol. The number of halogens is 3. The van der Waals surface area contributed by atoms with E-state index < -0.39 is 23.8 Å². The van der Waals surface area contributed by atoms with Crippen molar-refractivity contribution in [3.8, 4) is 5.75 Å². The molecule has 3 rings (SSSR count). The molecule has 0 amide bonds. The lowest BCUT2D eigenvalue weighted by molar-refractivity contribution is -0.139. The molecular formula is C17H16F3N3O3. The van der Waals surface area contributed by atoms with Crippen LogP contribution in [0.3, 0.4) is 0 Å². The molecule has 26 heavy (non-hydrogen) atoms. The predicted octanol–water partition coefficient (Wildman–Crippen LogP) is 3.16. The summed E-state index contributed by atoms with van der Waals surface area (Å²) >= 11 is 0. The number of carboxylic acids is 1. The number of alkyl halides is 3. The van der Waals surface area contributed by atoms with Gasteiger partial charge in [-0.1, -0.05) is 12.1 Å². The second kappa shape index (κ2) is 6.81. The van der Waals surface area contributed by atoms with E-state index in [9.17, 15) is 18.0 Å². The summed E-state index contributed by atoms with van der Waals surface area (Å²) in [6.07, 6.45) is -4.49. The Morgan fingerprint density at radius 2 is 2.04 bits per heavy atom. The van der Waals surface area contributed by atoms with Crippen molar-refractivity contribution in [3.05, 3.63) is 47.3 Å². The summed E-state index contributed by atoms with van der Waals surface area (Å²) in [5.74, 6) is -1.15. The van der Waals surface area contributed by atoms with Crippen LogP contribution in [0, 0.1) is 6.92 Å². The van der Waals surface area contributed by atoms with Gasteiger partial charge in [-0.2, -0.15) is 13.2 Å². The van der Waals surface area contributed by atoms with Crippen LogP contribution < -0.4 is 9.64 Å². The van der Waals surface area contributed by atoms with Gasteiger partial charge >= 0.3 is 12.1 Å². The van der Waals surface area contributed by atoms with Crippen LogP contribution in [0.25, 0.3) is 0 Å². The molecule has 6 nitrogen and oxygen atoms in total. The van der Waals surface area contributed by atoms with E-state index in [1.807, 2.05) is 0 Å². The zero-order valence-electron chi connectivity index (χ0n) is 13.8. The van der Waals surface area contributed by atoms with Crippen molar-refractivity contribution in [1.29, 1.82) is 0 Å². The maximum Gasteiger partial charge on any atom is 0.419 e. The van der Waals surface area contributed by atoms with Gasteiger partial charge in [-0.05, 0) is 25.1 Å². The first-order chi connectivity index (χ1) is 12.2. The number of aromatic nitrogens is 2. The van der Waals surface area contributed by atoms with Gasteiger partial charge in [0.05, 0.1) is 12.1 Å². The lowest BCUT2D eigenvalue weighted by Gasteiger charge is -2.19. The van der Waals surface area contributed by atoms with Crippen molar-refractivity contribution in [2.45, 2.75) is 25.6 Å². The van der Waals surface area contributed by atoms with Crippen LogP contribution >= 0.6 is 0 Å². The number of benzene rings is 1. The summed E-state index contributed by atoms with van der Waals surface area (Å²) < 4.78 is 44.7. The van der Waals surface area contributed by atoms with Crippen LogP contribution in [0.15, 0.2) is 30.3 Å². The van der Waals surface area contributed by atoms with Crippen molar-refractivity contribution in [2.24, 2.45) is 0 Å². The van der Waals surface area contributed by atoms with Crippen LogP contribution in [-0.2, 0) is 6.18 Å². The number of para-hydroxylation sites is 1. The molecule has 1 aliphatic rings. The van der Waals surface area contributed by atoms with Crippen LogP contribution in [0.5, 0.6) is 5.75 Å². The van der Waals surface area contributed by atoms with Gasteiger partial charge in [0, 0.05) is 18.7 Å². The van der Waals surface area contributed by atoms with E-state index >= 15 is 0 Å². The van der Waals surface area contributed by atoms with Gasteiger partial charge in [0.15, 0.2) is 5.69 Å². The molecule has 0 saturated carbocycles. The lowest BCUT2D eigenvalue weighted by atomic mass is 10.2. The minimum absolute atomic E-state index is 0.126. The number of aromatic carboxylic acids is 1. The fourth-order valence-electron chi connectivity index (χ4n) is 2.79. The van der Waals surface area contributed by atoms with Gasteiger partial charge in [-0.3, -0.25) is 0 Å². The number of carboxylic acid groups (broad SMARTS) is 1. The lowest BCUT2D eigenvalue weighted by Crippen LogP contribution is -2.27. The number of hydrogen-bond acceptors (Lipinski definition) is 5. The van der Waals surface area contributed by atoms with Gasteiger partial charge in [-0.25, -0.2) is 14.8 Å². The topological polar surface area (TPSA) is 75.5 Å². The Labute approximate surface area is 147 Å². The molecule has 1 N–H and O–H groups in total. The molecule has 0 radical (unpaired) electrons. The van der Waals surface area contributed by atoms with E-state index in [1.165, 1.54) is 24.3 Å². The van der Waals surface area contributed by atoms with Crippen LogP contribution in [0.4, 0.5) is 19.1 Å². The van der Waals surface area contributed by atoms with E-state index in [4.69, 9.17) is 9.84 Å². The van der Waals surface area contributed by atoms with Crippen molar-refractivity contribution in [1.82, 2.24) is 9.97 Å². The van der Waals surface area contributed by atoms with E-state index in [1.54, 1.807) is 11.8 Å². The third-order valence-electron chi connectivity index (χ3n) is 3.98. The molecule has 0 bridgehead atoms. The predicted molar refractivity (Wildman–Crippen MR) is 86.4 cm³/mol. The van der Waals surface area contributed by atoms with Gasteiger partial charge in [0.2, 0.25) is 5.95 Å². The number of hydrogen-bond donors (Lipinski definition) is 1. The second-order valence-electron chi connectivity index (χ2n) is 5.97. The number of anilines is 1. The number of rotatable bonds is 4. The molecule has 0 aliphatic carbocycles. The fraction of sp³-hybridized carbons (Fsp3) is 0.353. The Balaban J connectivity index is 1.75. The van der Waals surface area contributed by atoms with Crippen molar-refractivity contribution in [3.63, 3.8) is 0 Å². The van der Waals surface area contributed by atoms with Crippen molar-refractivity contribution < 1.29 is 27.8 Å². The summed E-state index contributed by atoms with van der Waals surface area (Å²) in [4.78, 5) is 21.0. The van der Waals surface area contributed by atoms with Gasteiger partial charge in [-0.15, -0.1) is 0 Å². The Kier molecular flexibility index (Phi) is 4.71. The number of ether oxygens (including phenoxy) is 1. The minimum Gasteiger partial charge on any atom is -0.488 e. The first-order valence-corrected chi connectivity index (χ1v) is 7.91. The molecule has 9 heteroatoms. The maximum atomic E-state index is 13.1. The Morgan fingerprint density at radius 1 is 1.31 bits per heavy atom. The van der Waals surface area contributed by atoms with Crippen molar-refractivity contribution >= 4 is 11.9 Å². The summed E-state index contributed by atoms with van der Waals surface area (Å²) in [5, 5.41) is 9.09. The number of nitrogens with zero attached hydrogens (tertiary/aromatic N) is 3. The molecule has 1 aromatic carbocycles. The Morgan fingerprint density at radius 3 is 2.73 bits per heavy atom. The number of aryl methyl sites for hydroxylation is 1. The molecule has 2 aromatic rings. The monoisotopic (exact) mass is 367 g/mol. The van der Waals surface area contributed by atoms with Crippen molar-refractivity contribution in [2.75, 3.05) is 18.0 Å². The highest BCUT2D eigenvalue weighted by atomic mass is 19.4. The largest absolute Gasteiger partial charge is 0.488 e. The molecule has 1 atom stereocenters. The maximum absolute atomic E-state index is 13.1. The molecular weight excluding hydrogens is 351 g/mol. The second-order valence-corrected chi connectivity index (χ2v) is 5.97. The Bertz CT molecular complexity index is 826. The van der Waals surface area contributed by atoms with E-state index in [0.717, 1.165) is 6.07 Å². The van der Waals surface area contributed by atoms with Gasteiger partial charge in [0.1, 0.15) is 11.9 Å². The smallest absolute Gasteiger partial charge is 0.419 e. The van der Waals surface area contributed by atoms with E-state index in [0.29, 0.717) is 18.7 Å². The molecule has 0 spiro atoms. The number of carbonyl (C=O) groups is 1. The first kappa shape index (κ1) is 18.0. The summed E-state index contributed by atoms with van der Waals surface area (Å²) in [5.41, 5.74) is -0.447. The molecule has 1 fully saturated rings. The molecule has 1 saturated heterocycles. The molecule has 1 aromatic heterocycles. The zero-order valence-corrected chi connectivity index (χ0v) is 13.8. The average Bonchev–Trinajstić information content (AvgIpc) is 3.02. The van der Waals surface area contributed by atoms with E-state index in [-0.39, 0.29) is 23.9 Å². The summed E-state index contributed by atoms with van der Waals surface area (Å²) in [6.45, 7) is 2.39. The third-order valence-corrected chi connectivity index (χ3v) is 3.98. The van der Waals surface area contributed by atoms with Crippen LogP contribution in [-0.4, -0.2) is 40.2 Å². The quantitative estimate of drug-likeness (QED) is 0.895. The normalized spacial score (nSPS) is 17.4. The molecule has 0 unspecified atom stereocenters. The van der Waals surface area contributed by atoms with Crippen LogP contribution in [0.1, 0.15) is 28.2 Å². The highest BCUT2D eigenvalue weighted by Crippen LogP contribution is 2.37. The van der Waals surface area contributed by atoms with Crippen LogP contribution in [0.2, 0.25) is 0 Å². The first-order valence-electron chi connectivity index (χ1n) is 7.91.